The highest BCUT2D eigenvalue weighted by atomic mass is 16.5. The molecule has 8 nitrogen and oxygen atoms in total. The summed E-state index contributed by atoms with van der Waals surface area (Å²) in [6.07, 6.45) is 0. The molecule has 8 heteroatoms. The van der Waals surface area contributed by atoms with Crippen LogP contribution >= 0.6 is 0 Å². The molecule has 0 aliphatic carbocycles. The Hall–Kier alpha value is -2.58. The molecule has 29 heavy (non-hydrogen) atoms. The summed E-state index contributed by atoms with van der Waals surface area (Å²) >= 11 is 0. The lowest BCUT2D eigenvalue weighted by Crippen LogP contribution is -2.46. The zero-order valence-corrected chi connectivity index (χ0v) is 17.7. The fourth-order valence-corrected chi connectivity index (χ4v) is 3.36. The Morgan fingerprint density at radius 3 is 2.52 bits per heavy atom. The van der Waals surface area contributed by atoms with Gasteiger partial charge in [-0.15, -0.1) is 0 Å². The second kappa shape index (κ2) is 10.3. The van der Waals surface area contributed by atoms with E-state index < -0.39 is 0 Å². The average molecular weight is 402 g/mol. The number of aliphatic imine (C=N–C) groups is 1. The smallest absolute Gasteiger partial charge is 0.214 e. The molecular weight excluding hydrogens is 370 g/mol. The van der Waals surface area contributed by atoms with Gasteiger partial charge >= 0.3 is 0 Å². The first-order chi connectivity index (χ1) is 14.1. The molecule has 1 atom stereocenters. The summed E-state index contributed by atoms with van der Waals surface area (Å²) in [5, 5.41) is 6.71. The van der Waals surface area contributed by atoms with Gasteiger partial charge in [0.15, 0.2) is 5.96 Å². The second-order valence-electron chi connectivity index (χ2n) is 6.99. The second-order valence-corrected chi connectivity index (χ2v) is 6.99. The highest BCUT2D eigenvalue weighted by Crippen LogP contribution is 2.23. The molecule has 1 unspecified atom stereocenters. The van der Waals surface area contributed by atoms with Crippen LogP contribution in [0.1, 0.15) is 29.0 Å². The minimum atomic E-state index is 0.203. The van der Waals surface area contributed by atoms with Crippen LogP contribution in [0.3, 0.4) is 0 Å². The zero-order valence-electron chi connectivity index (χ0n) is 17.7. The maximum atomic E-state index is 5.63. The molecular formula is C21H31N5O3. The molecule has 0 saturated carbocycles. The number of nitrogens with one attached hydrogen (secondary N) is 2. The van der Waals surface area contributed by atoms with Crippen LogP contribution in [0.4, 0.5) is 0 Å². The van der Waals surface area contributed by atoms with E-state index in [9.17, 15) is 0 Å². The first-order valence-electron chi connectivity index (χ1n) is 9.94. The molecule has 1 aliphatic heterocycles. The molecule has 1 aromatic carbocycles. The largest absolute Gasteiger partial charge is 0.497 e. The molecule has 0 radical (unpaired) electrons. The van der Waals surface area contributed by atoms with Crippen LogP contribution in [-0.2, 0) is 11.3 Å². The van der Waals surface area contributed by atoms with Gasteiger partial charge in [0.05, 0.1) is 38.6 Å². The number of nitrogens with zero attached hydrogens (tertiary/aromatic N) is 3. The van der Waals surface area contributed by atoms with Crippen LogP contribution in [0.25, 0.3) is 0 Å². The minimum Gasteiger partial charge on any atom is -0.497 e. The number of morpholine rings is 1. The van der Waals surface area contributed by atoms with Crippen LogP contribution < -0.4 is 15.4 Å². The fourth-order valence-electron chi connectivity index (χ4n) is 3.36. The van der Waals surface area contributed by atoms with Gasteiger partial charge in [-0.05, 0) is 31.5 Å². The lowest BCUT2D eigenvalue weighted by molar-refractivity contribution is 0.0170. The first kappa shape index (κ1) is 21.1. The number of guanidine groups is 1. The van der Waals surface area contributed by atoms with Crippen molar-refractivity contribution in [1.82, 2.24) is 20.5 Å². The van der Waals surface area contributed by atoms with E-state index >= 15 is 0 Å². The van der Waals surface area contributed by atoms with Crippen molar-refractivity contribution in [2.75, 3.05) is 47.0 Å². The minimum absolute atomic E-state index is 0.203. The summed E-state index contributed by atoms with van der Waals surface area (Å²) in [4.78, 5) is 11.2. The van der Waals surface area contributed by atoms with Crippen molar-refractivity contribution in [3.8, 4) is 5.75 Å². The molecule has 158 valence electrons. The number of ether oxygens (including phenoxy) is 2. The number of oxazole rings is 1. The van der Waals surface area contributed by atoms with Gasteiger partial charge in [0.1, 0.15) is 11.5 Å². The Labute approximate surface area is 172 Å². The van der Waals surface area contributed by atoms with E-state index in [-0.39, 0.29) is 6.04 Å². The van der Waals surface area contributed by atoms with Gasteiger partial charge in [-0.1, -0.05) is 12.1 Å². The van der Waals surface area contributed by atoms with Crippen molar-refractivity contribution < 1.29 is 13.9 Å². The SMILES string of the molecule is CN=C(NCc1nc(C)c(C)o1)NCC(c1ccc(OC)cc1)N1CCOCC1. The molecule has 2 N–H and O–H groups in total. The van der Waals surface area contributed by atoms with Crippen LogP contribution in [0, 0.1) is 13.8 Å². The van der Waals surface area contributed by atoms with Gasteiger partial charge < -0.3 is 24.5 Å². The third kappa shape index (κ3) is 5.71. The standard InChI is InChI=1S/C21H31N5O3/c1-15-16(2)29-20(25-15)14-24-21(22-3)23-13-19(26-9-11-28-12-10-26)17-5-7-18(27-4)8-6-17/h5-8,19H,9-14H2,1-4H3,(H2,22,23,24). The van der Waals surface area contributed by atoms with Gasteiger partial charge in [-0.25, -0.2) is 4.98 Å². The summed E-state index contributed by atoms with van der Waals surface area (Å²) in [5.74, 6) is 3.07. The normalized spacial score (nSPS) is 16.5. The Morgan fingerprint density at radius 2 is 1.93 bits per heavy atom. The third-order valence-corrected chi connectivity index (χ3v) is 5.15. The quantitative estimate of drug-likeness (QED) is 0.542. The average Bonchev–Trinajstić information content (AvgIpc) is 3.09. The van der Waals surface area contributed by atoms with E-state index in [2.05, 4.69) is 37.6 Å². The maximum absolute atomic E-state index is 5.63. The van der Waals surface area contributed by atoms with Crippen molar-refractivity contribution >= 4 is 5.96 Å². The van der Waals surface area contributed by atoms with Crippen LogP contribution in [0.15, 0.2) is 33.7 Å². The predicted molar refractivity (Wildman–Crippen MR) is 112 cm³/mol. The molecule has 1 fully saturated rings. The zero-order chi connectivity index (χ0) is 20.6. The van der Waals surface area contributed by atoms with E-state index in [0.29, 0.717) is 18.4 Å². The highest BCUT2D eigenvalue weighted by molar-refractivity contribution is 5.79. The summed E-state index contributed by atoms with van der Waals surface area (Å²) in [6.45, 7) is 8.37. The molecule has 2 heterocycles. The van der Waals surface area contributed by atoms with E-state index in [1.165, 1.54) is 5.56 Å². The Kier molecular flexibility index (Phi) is 7.48. The lowest BCUT2D eigenvalue weighted by atomic mass is 10.0. The Balaban J connectivity index is 1.63. The molecule has 1 saturated heterocycles. The number of rotatable bonds is 7. The number of methoxy groups -OCH3 is 1. The van der Waals surface area contributed by atoms with Gasteiger partial charge in [0.25, 0.3) is 0 Å². The summed E-state index contributed by atoms with van der Waals surface area (Å²) < 4.78 is 16.5. The van der Waals surface area contributed by atoms with E-state index in [1.807, 2.05) is 26.0 Å². The number of benzene rings is 1. The topological polar surface area (TPSA) is 84.2 Å². The van der Waals surface area contributed by atoms with Gasteiger partial charge in [0, 0.05) is 26.7 Å². The van der Waals surface area contributed by atoms with Crippen LogP contribution in [-0.4, -0.2) is 62.8 Å². The molecule has 0 spiro atoms. The monoisotopic (exact) mass is 401 g/mol. The Morgan fingerprint density at radius 1 is 1.21 bits per heavy atom. The van der Waals surface area contributed by atoms with E-state index in [4.69, 9.17) is 13.9 Å². The number of aromatic nitrogens is 1. The number of aryl methyl sites for hydroxylation is 2. The molecule has 1 aromatic heterocycles. The Bertz CT molecular complexity index is 778. The summed E-state index contributed by atoms with van der Waals surface area (Å²) in [7, 11) is 3.45. The summed E-state index contributed by atoms with van der Waals surface area (Å²) in [5.41, 5.74) is 2.14. The van der Waals surface area contributed by atoms with Crippen molar-refractivity contribution in [2.24, 2.45) is 4.99 Å². The third-order valence-electron chi connectivity index (χ3n) is 5.15. The predicted octanol–water partition coefficient (Wildman–Crippen LogP) is 2.04. The van der Waals surface area contributed by atoms with Crippen LogP contribution in [0.2, 0.25) is 0 Å². The van der Waals surface area contributed by atoms with Gasteiger partial charge in [-0.2, -0.15) is 0 Å². The van der Waals surface area contributed by atoms with Gasteiger partial charge in [0.2, 0.25) is 5.89 Å². The first-order valence-corrected chi connectivity index (χ1v) is 9.94. The fraction of sp³-hybridized carbons (Fsp3) is 0.524. The molecule has 1 aliphatic rings. The molecule has 3 rings (SSSR count). The van der Waals surface area contributed by atoms with Crippen LogP contribution in [0.5, 0.6) is 5.75 Å². The number of hydrogen-bond acceptors (Lipinski definition) is 6. The van der Waals surface area contributed by atoms with E-state index in [0.717, 1.165) is 50.1 Å². The maximum Gasteiger partial charge on any atom is 0.214 e. The molecule has 0 bridgehead atoms. The van der Waals surface area contributed by atoms with Crippen molar-refractivity contribution in [1.29, 1.82) is 0 Å². The molecule has 2 aromatic rings. The highest BCUT2D eigenvalue weighted by Gasteiger charge is 2.23. The van der Waals surface area contributed by atoms with E-state index in [1.54, 1.807) is 14.2 Å². The lowest BCUT2D eigenvalue weighted by Gasteiger charge is -2.35. The number of hydrogen-bond donors (Lipinski definition) is 2. The van der Waals surface area contributed by atoms with Gasteiger partial charge in [-0.3, -0.25) is 9.89 Å². The molecule has 0 amide bonds. The van der Waals surface area contributed by atoms with Crippen molar-refractivity contribution in [3.63, 3.8) is 0 Å². The van der Waals surface area contributed by atoms with Crippen molar-refractivity contribution in [2.45, 2.75) is 26.4 Å². The van der Waals surface area contributed by atoms with Crippen molar-refractivity contribution in [3.05, 3.63) is 47.2 Å². The summed E-state index contributed by atoms with van der Waals surface area (Å²) in [6, 6.07) is 8.45.